The molecule has 0 radical (unpaired) electrons. The van der Waals surface area contributed by atoms with Crippen LogP contribution in [0.25, 0.3) is 0 Å². The van der Waals surface area contributed by atoms with Gasteiger partial charge in [-0.05, 0) is 13.8 Å². The molecule has 14 heavy (non-hydrogen) atoms. The molecule has 0 spiro atoms. The van der Waals surface area contributed by atoms with Crippen LogP contribution < -0.4 is 5.73 Å². The van der Waals surface area contributed by atoms with E-state index in [1.807, 2.05) is 13.8 Å². The van der Waals surface area contributed by atoms with Crippen molar-refractivity contribution in [2.24, 2.45) is 11.1 Å². The quantitative estimate of drug-likeness (QED) is 0.657. The van der Waals surface area contributed by atoms with E-state index in [9.17, 15) is 9.59 Å². The van der Waals surface area contributed by atoms with E-state index < -0.39 is 11.0 Å². The van der Waals surface area contributed by atoms with Crippen molar-refractivity contribution in [2.75, 3.05) is 6.54 Å². The van der Waals surface area contributed by atoms with Gasteiger partial charge in [0.2, 0.25) is 11.8 Å². The molecule has 0 atom stereocenters. The molecule has 0 aromatic carbocycles. The van der Waals surface area contributed by atoms with Crippen LogP contribution in [0.3, 0.4) is 0 Å². The second kappa shape index (κ2) is 3.05. The summed E-state index contributed by atoms with van der Waals surface area (Å²) < 4.78 is 0. The van der Waals surface area contributed by atoms with Gasteiger partial charge in [-0.1, -0.05) is 13.8 Å². The van der Waals surface area contributed by atoms with Crippen molar-refractivity contribution >= 4 is 11.8 Å². The number of carbonyl (C=O) groups is 2. The first kappa shape index (κ1) is 11.2. The molecule has 0 aliphatic carbocycles. The first-order chi connectivity index (χ1) is 6.22. The molecule has 1 fully saturated rings. The number of nitrogens with two attached hydrogens (primary N) is 1. The molecule has 4 heteroatoms. The summed E-state index contributed by atoms with van der Waals surface area (Å²) in [6.45, 7) is 7.49. The van der Waals surface area contributed by atoms with Gasteiger partial charge in [-0.25, -0.2) is 0 Å². The molecule has 4 nitrogen and oxygen atoms in total. The molecular weight excluding hydrogens is 180 g/mol. The Morgan fingerprint density at radius 1 is 1.43 bits per heavy atom. The molecule has 1 heterocycles. The summed E-state index contributed by atoms with van der Waals surface area (Å²) in [5, 5.41) is 0. The van der Waals surface area contributed by atoms with E-state index in [1.54, 1.807) is 13.8 Å². The average Bonchev–Trinajstić information content (AvgIpc) is 2.22. The van der Waals surface area contributed by atoms with Crippen LogP contribution in [0, 0.1) is 5.41 Å². The molecule has 0 unspecified atom stereocenters. The zero-order valence-electron chi connectivity index (χ0n) is 9.26. The van der Waals surface area contributed by atoms with E-state index in [-0.39, 0.29) is 18.2 Å². The number of nitrogens with zero attached hydrogens (tertiary/aromatic N) is 1. The molecule has 0 aromatic heterocycles. The second-order valence-electron chi connectivity index (χ2n) is 5.11. The predicted octanol–water partition coefficient (Wildman–Crippen LogP) is 0.509. The first-order valence-electron chi connectivity index (χ1n) is 4.80. The highest BCUT2D eigenvalue weighted by atomic mass is 16.2. The maximum atomic E-state index is 11.9. The van der Waals surface area contributed by atoms with E-state index >= 15 is 0 Å². The van der Waals surface area contributed by atoms with Gasteiger partial charge in [-0.15, -0.1) is 0 Å². The minimum Gasteiger partial charge on any atom is -0.328 e. The molecule has 0 bridgehead atoms. The van der Waals surface area contributed by atoms with Crippen LogP contribution in [0.5, 0.6) is 0 Å². The summed E-state index contributed by atoms with van der Waals surface area (Å²) in [6, 6.07) is 0. The Bertz CT molecular complexity index is 282. The fraction of sp³-hybridized carbons (Fsp3) is 0.800. The Kier molecular flexibility index (Phi) is 2.44. The van der Waals surface area contributed by atoms with Crippen molar-refractivity contribution in [3.05, 3.63) is 0 Å². The third-order valence-electron chi connectivity index (χ3n) is 2.73. The highest BCUT2D eigenvalue weighted by Crippen LogP contribution is 2.35. The van der Waals surface area contributed by atoms with Crippen molar-refractivity contribution in [1.82, 2.24) is 4.90 Å². The molecule has 1 aliphatic rings. The Hall–Kier alpha value is -0.900. The van der Waals surface area contributed by atoms with Crippen LogP contribution in [0.1, 0.15) is 34.1 Å². The number of hydrogen-bond donors (Lipinski definition) is 1. The summed E-state index contributed by atoms with van der Waals surface area (Å²) in [6.07, 6.45) is 0.287. The van der Waals surface area contributed by atoms with Crippen LogP contribution >= 0.6 is 0 Å². The third kappa shape index (κ3) is 1.54. The van der Waals surface area contributed by atoms with Crippen molar-refractivity contribution in [3.8, 4) is 0 Å². The zero-order chi connectivity index (χ0) is 11.1. The molecule has 1 aliphatic heterocycles. The van der Waals surface area contributed by atoms with Gasteiger partial charge >= 0.3 is 0 Å². The lowest BCUT2D eigenvalue weighted by atomic mass is 9.91. The fourth-order valence-electron chi connectivity index (χ4n) is 1.65. The van der Waals surface area contributed by atoms with Crippen molar-refractivity contribution < 1.29 is 9.59 Å². The molecular formula is C10H18N2O2. The minimum atomic E-state index is -0.568. The van der Waals surface area contributed by atoms with E-state index in [1.165, 1.54) is 4.90 Å². The number of carbonyl (C=O) groups excluding carboxylic acids is 2. The van der Waals surface area contributed by atoms with Crippen LogP contribution in [0.4, 0.5) is 0 Å². The number of rotatable bonds is 2. The third-order valence-corrected chi connectivity index (χ3v) is 2.73. The summed E-state index contributed by atoms with van der Waals surface area (Å²) in [5.41, 5.74) is 4.42. The van der Waals surface area contributed by atoms with Crippen molar-refractivity contribution in [3.63, 3.8) is 0 Å². The van der Waals surface area contributed by atoms with Gasteiger partial charge in [0, 0.05) is 13.0 Å². The molecule has 1 rings (SSSR count). The summed E-state index contributed by atoms with van der Waals surface area (Å²) in [4.78, 5) is 24.9. The lowest BCUT2D eigenvalue weighted by Gasteiger charge is -2.33. The van der Waals surface area contributed by atoms with Crippen LogP contribution in [0.15, 0.2) is 0 Å². The summed E-state index contributed by atoms with van der Waals surface area (Å²) in [7, 11) is 0. The normalized spacial score (nSPS) is 21.9. The van der Waals surface area contributed by atoms with E-state index in [4.69, 9.17) is 5.73 Å². The average molecular weight is 198 g/mol. The highest BCUT2D eigenvalue weighted by Gasteiger charge is 2.49. The topological polar surface area (TPSA) is 63.4 Å². The van der Waals surface area contributed by atoms with E-state index in [2.05, 4.69) is 0 Å². The van der Waals surface area contributed by atoms with Gasteiger partial charge in [0.05, 0.1) is 11.0 Å². The van der Waals surface area contributed by atoms with E-state index in [0.717, 1.165) is 0 Å². The van der Waals surface area contributed by atoms with Gasteiger partial charge in [0.15, 0.2) is 0 Å². The molecule has 2 amide bonds. The summed E-state index contributed by atoms with van der Waals surface area (Å²) >= 11 is 0. The Labute approximate surface area is 84.4 Å². The second-order valence-corrected chi connectivity index (χ2v) is 5.11. The standard InChI is InChI=1S/C10H18N2O2/c1-9(2)5-7(13)12(8(9)14)10(3,4)6-11/h5-6,11H2,1-4H3. The largest absolute Gasteiger partial charge is 0.328 e. The van der Waals surface area contributed by atoms with Gasteiger partial charge in [0.25, 0.3) is 0 Å². The van der Waals surface area contributed by atoms with Gasteiger partial charge in [-0.2, -0.15) is 0 Å². The van der Waals surface area contributed by atoms with Crippen LogP contribution in [-0.2, 0) is 9.59 Å². The predicted molar refractivity (Wildman–Crippen MR) is 53.4 cm³/mol. The number of hydrogen-bond acceptors (Lipinski definition) is 3. The molecule has 0 saturated carbocycles. The SMILES string of the molecule is CC1(C)CC(=O)N(C(C)(C)CN)C1=O. The van der Waals surface area contributed by atoms with Gasteiger partial charge < -0.3 is 5.73 Å². The lowest BCUT2D eigenvalue weighted by molar-refractivity contribution is -0.146. The number of likely N-dealkylation sites (tertiary alicyclic amines) is 1. The Balaban J connectivity index is 3.03. The fourth-order valence-corrected chi connectivity index (χ4v) is 1.65. The molecule has 2 N–H and O–H groups in total. The Morgan fingerprint density at radius 2 is 1.93 bits per heavy atom. The smallest absolute Gasteiger partial charge is 0.235 e. The van der Waals surface area contributed by atoms with Crippen LogP contribution in [-0.4, -0.2) is 28.8 Å². The van der Waals surface area contributed by atoms with Crippen molar-refractivity contribution in [1.29, 1.82) is 0 Å². The van der Waals surface area contributed by atoms with Gasteiger partial charge in [0.1, 0.15) is 0 Å². The minimum absolute atomic E-state index is 0.113. The first-order valence-corrected chi connectivity index (χ1v) is 4.80. The monoisotopic (exact) mass is 198 g/mol. The molecule has 1 saturated heterocycles. The number of imide groups is 1. The maximum absolute atomic E-state index is 11.9. The maximum Gasteiger partial charge on any atom is 0.235 e. The van der Waals surface area contributed by atoms with Gasteiger partial charge in [-0.3, -0.25) is 14.5 Å². The molecule has 80 valence electrons. The lowest BCUT2D eigenvalue weighted by Crippen LogP contribution is -2.53. The summed E-state index contributed by atoms with van der Waals surface area (Å²) in [5.74, 6) is -0.228. The van der Waals surface area contributed by atoms with Crippen LogP contribution in [0.2, 0.25) is 0 Å². The Morgan fingerprint density at radius 3 is 2.21 bits per heavy atom. The van der Waals surface area contributed by atoms with Crippen molar-refractivity contribution in [2.45, 2.75) is 39.7 Å². The number of amides is 2. The van der Waals surface area contributed by atoms with E-state index in [0.29, 0.717) is 6.54 Å². The zero-order valence-corrected chi connectivity index (χ0v) is 9.26. The highest BCUT2D eigenvalue weighted by molar-refractivity contribution is 6.06. The molecule has 0 aromatic rings.